The normalized spacial score (nSPS) is 13.6. The van der Waals surface area contributed by atoms with Crippen molar-refractivity contribution in [3.8, 4) is 0 Å². The van der Waals surface area contributed by atoms with Gasteiger partial charge in [-0.3, -0.25) is 13.7 Å². The van der Waals surface area contributed by atoms with Crippen molar-refractivity contribution < 1.29 is 30.5 Å². The van der Waals surface area contributed by atoms with E-state index in [2.05, 4.69) is 0 Å². The summed E-state index contributed by atoms with van der Waals surface area (Å²) in [7, 11) is -10.9. The van der Waals surface area contributed by atoms with Gasteiger partial charge in [-0.2, -0.15) is 16.8 Å². The van der Waals surface area contributed by atoms with Crippen LogP contribution in [0.2, 0.25) is 0 Å². The number of hydrogen-bond donors (Lipinski definition) is 2. The molecule has 0 aliphatic rings. The first-order valence-electron chi connectivity index (χ1n) is 3.71. The fourth-order valence-electron chi connectivity index (χ4n) is 0.996. The average molecular weight is 286 g/mol. The molecule has 0 atom stereocenters. The van der Waals surface area contributed by atoms with Gasteiger partial charge in [-0.25, -0.2) is 0 Å². The molecule has 0 amide bonds. The fraction of sp³-hybridized carbons (Fsp3) is 0. The monoisotopic (exact) mass is 286 g/mol. The second-order valence-electron chi connectivity index (χ2n) is 2.73. The molecule has 10 heteroatoms. The van der Waals surface area contributed by atoms with Crippen LogP contribution in [0.1, 0.15) is 0 Å². The van der Waals surface area contributed by atoms with Crippen molar-refractivity contribution in [1.29, 1.82) is 0 Å². The molecule has 7 nitrogen and oxygen atoms in total. The predicted molar refractivity (Wildman–Crippen MR) is 56.8 cm³/mol. The van der Waals surface area contributed by atoms with Crippen molar-refractivity contribution >= 4 is 30.3 Å². The van der Waals surface area contributed by atoms with Crippen molar-refractivity contribution in [2.45, 2.75) is 0 Å². The molecule has 0 saturated heterocycles. The van der Waals surface area contributed by atoms with Gasteiger partial charge in [0.25, 0.3) is 0 Å². The van der Waals surface area contributed by atoms with E-state index in [0.29, 0.717) is 0 Å². The zero-order chi connectivity index (χ0) is 12.6. The Morgan fingerprint density at radius 2 is 1.25 bits per heavy atom. The first-order valence-corrected chi connectivity index (χ1v) is 9.51. The maximum atomic E-state index is 11.8. The van der Waals surface area contributed by atoms with Crippen LogP contribution < -0.4 is 5.30 Å². The van der Waals surface area contributed by atoms with Gasteiger partial charge in [-0.1, -0.05) is 18.2 Å². The van der Waals surface area contributed by atoms with Crippen molar-refractivity contribution in [3.63, 3.8) is 0 Å². The molecule has 16 heavy (non-hydrogen) atoms. The lowest BCUT2D eigenvalue weighted by atomic mass is 10.4. The van der Waals surface area contributed by atoms with E-state index in [0.717, 1.165) is 12.1 Å². The van der Waals surface area contributed by atoms with Crippen LogP contribution in [-0.2, 0) is 24.0 Å². The van der Waals surface area contributed by atoms with Gasteiger partial charge >= 0.3 is 25.0 Å². The fourth-order valence-corrected chi connectivity index (χ4v) is 7.49. The molecule has 1 aromatic carbocycles. The molecule has 2 N–H and O–H groups in total. The van der Waals surface area contributed by atoms with Gasteiger partial charge in [0.15, 0.2) is 0 Å². The molecule has 0 bridgehead atoms. The van der Waals surface area contributed by atoms with Gasteiger partial charge in [0.05, 0.1) is 0 Å². The summed E-state index contributed by atoms with van der Waals surface area (Å²) in [5.74, 6) is 0. The molecule has 1 aromatic rings. The maximum absolute atomic E-state index is 11.8. The van der Waals surface area contributed by atoms with Crippen LogP contribution in [0.4, 0.5) is 0 Å². The Morgan fingerprint density at radius 3 is 1.56 bits per heavy atom. The first kappa shape index (κ1) is 13.3. The molecule has 1 rings (SSSR count). The van der Waals surface area contributed by atoms with Crippen LogP contribution in [0.25, 0.3) is 0 Å². The van der Waals surface area contributed by atoms with Crippen molar-refractivity contribution in [2.75, 3.05) is 0 Å². The Morgan fingerprint density at radius 1 is 0.875 bits per heavy atom. The van der Waals surface area contributed by atoms with Gasteiger partial charge in [-0.15, -0.1) is 0 Å². The van der Waals surface area contributed by atoms with E-state index < -0.39 is 30.3 Å². The molecule has 0 saturated carbocycles. The van der Waals surface area contributed by atoms with Crippen molar-refractivity contribution in [2.24, 2.45) is 0 Å². The third kappa shape index (κ3) is 2.04. The van der Waals surface area contributed by atoms with E-state index in [9.17, 15) is 21.4 Å². The number of rotatable bonds is 3. The lowest BCUT2D eigenvalue weighted by Crippen LogP contribution is -2.19. The van der Waals surface area contributed by atoms with Crippen molar-refractivity contribution in [1.82, 2.24) is 0 Å². The summed E-state index contributed by atoms with van der Waals surface area (Å²) in [6, 6.07) is 5.70. The summed E-state index contributed by atoms with van der Waals surface area (Å²) >= 11 is 0. The Labute approximate surface area is 91.5 Å². The highest BCUT2D eigenvalue weighted by Gasteiger charge is 2.51. The van der Waals surface area contributed by atoms with Gasteiger partial charge in [0.1, 0.15) is 0 Å². The molecule has 0 unspecified atom stereocenters. The summed E-state index contributed by atoms with van der Waals surface area (Å²) in [6.45, 7) is 0. The smallest absolute Gasteiger partial charge is 0.279 e. The zero-order valence-electron chi connectivity index (χ0n) is 7.59. The lowest BCUT2D eigenvalue weighted by molar-refractivity contribution is 0.486. The van der Waals surface area contributed by atoms with E-state index >= 15 is 0 Å². The Balaban J connectivity index is 3.74. The van der Waals surface area contributed by atoms with Crippen LogP contribution in [0.5, 0.6) is 0 Å². The average Bonchev–Trinajstić information content (AvgIpc) is 2.14. The molecule has 0 aliphatic heterocycles. The van der Waals surface area contributed by atoms with Gasteiger partial charge in [-0.05, 0) is 12.1 Å². The van der Waals surface area contributed by atoms with Crippen LogP contribution in [-0.4, -0.2) is 25.9 Å². The van der Waals surface area contributed by atoms with E-state index in [1.807, 2.05) is 0 Å². The standard InChI is InChI=1S/C6H7O7PS2/c7-14(15(8,9)10,16(11,12)13)6-4-2-1-3-5-6/h1-5H,(H,8,9,10)(H,11,12,13). The molecule has 90 valence electrons. The van der Waals surface area contributed by atoms with E-state index in [-0.39, 0.29) is 0 Å². The Kier molecular flexibility index (Phi) is 3.28. The van der Waals surface area contributed by atoms with Crippen LogP contribution >= 0.6 is 5.55 Å². The molecule has 0 radical (unpaired) electrons. The summed E-state index contributed by atoms with van der Waals surface area (Å²) in [4.78, 5) is 0. The molecule has 0 spiro atoms. The summed E-state index contributed by atoms with van der Waals surface area (Å²) in [6.07, 6.45) is 0. The lowest BCUT2D eigenvalue weighted by Gasteiger charge is -2.11. The summed E-state index contributed by atoms with van der Waals surface area (Å²) < 4.78 is 72.6. The zero-order valence-corrected chi connectivity index (χ0v) is 10.1. The molecule has 0 heterocycles. The Bertz CT molecular complexity index is 595. The van der Waals surface area contributed by atoms with E-state index in [1.54, 1.807) is 0 Å². The molecule has 0 fully saturated rings. The van der Waals surface area contributed by atoms with Crippen LogP contribution in [0, 0.1) is 0 Å². The summed E-state index contributed by atoms with van der Waals surface area (Å²) in [5.41, 5.74) is -5.38. The van der Waals surface area contributed by atoms with Crippen LogP contribution in [0.3, 0.4) is 0 Å². The van der Waals surface area contributed by atoms with E-state index in [1.165, 1.54) is 18.2 Å². The highest BCUT2D eigenvalue weighted by molar-refractivity contribution is 8.84. The molecule has 0 aromatic heterocycles. The second-order valence-corrected chi connectivity index (χ2v) is 12.6. The number of benzene rings is 1. The third-order valence-corrected chi connectivity index (χ3v) is 12.1. The van der Waals surface area contributed by atoms with E-state index in [4.69, 9.17) is 9.11 Å². The SMILES string of the molecule is O=P(c1ccccc1)(S(=O)(=O)O)S(=O)(=O)O. The first-order chi connectivity index (χ1) is 7.11. The van der Waals surface area contributed by atoms with Gasteiger partial charge in [0, 0.05) is 5.30 Å². The van der Waals surface area contributed by atoms with Crippen molar-refractivity contribution in [3.05, 3.63) is 30.3 Å². The quantitative estimate of drug-likeness (QED) is 0.603. The Hall–Kier alpha value is -0.730. The van der Waals surface area contributed by atoms with Gasteiger partial charge in [0.2, 0.25) is 0 Å². The highest BCUT2D eigenvalue weighted by Crippen LogP contribution is 2.55. The number of hydrogen-bond acceptors (Lipinski definition) is 5. The third-order valence-electron chi connectivity index (χ3n) is 1.68. The largest absolute Gasteiger partial charge is 0.384 e. The minimum absolute atomic E-state index is 0.681. The highest BCUT2D eigenvalue weighted by atomic mass is 33.1. The van der Waals surface area contributed by atoms with Crippen LogP contribution in [0.15, 0.2) is 30.3 Å². The van der Waals surface area contributed by atoms with Gasteiger partial charge < -0.3 is 0 Å². The predicted octanol–water partition coefficient (Wildman–Crippen LogP) is 0.281. The summed E-state index contributed by atoms with van der Waals surface area (Å²) in [5, 5.41) is -0.681. The second kappa shape index (κ2) is 3.94. The molecule has 0 aliphatic carbocycles. The minimum atomic E-state index is -5.46. The molecular formula is C6H7O7PS2. The topological polar surface area (TPSA) is 126 Å². The minimum Gasteiger partial charge on any atom is -0.279 e. The maximum Gasteiger partial charge on any atom is 0.384 e. The molecular weight excluding hydrogens is 279 g/mol.